The first-order valence-corrected chi connectivity index (χ1v) is 6.84. The number of aliphatic hydroxyl groups excluding tert-OH is 1. The number of halogens is 2. The Morgan fingerprint density at radius 3 is 2.85 bits per heavy atom. The molecule has 108 valence electrons. The molecule has 2 aromatic rings. The van der Waals surface area contributed by atoms with E-state index in [-0.39, 0.29) is 17.4 Å². The number of aromatic nitrogens is 2. The molecule has 0 spiro atoms. The maximum atomic E-state index is 13.8. The van der Waals surface area contributed by atoms with Crippen LogP contribution in [-0.2, 0) is 6.42 Å². The highest BCUT2D eigenvalue weighted by Crippen LogP contribution is 2.23. The molecular formula is C14H16ClFN2O2. The summed E-state index contributed by atoms with van der Waals surface area (Å²) in [4.78, 5) is 4.22. The van der Waals surface area contributed by atoms with Crippen molar-refractivity contribution in [2.24, 2.45) is 0 Å². The summed E-state index contributed by atoms with van der Waals surface area (Å²) in [5, 5.41) is 13.5. The minimum absolute atomic E-state index is 0.0710. The molecule has 0 bridgehead atoms. The molecule has 1 heterocycles. The summed E-state index contributed by atoms with van der Waals surface area (Å²) in [5.41, 5.74) is 0.412. The van der Waals surface area contributed by atoms with Crippen molar-refractivity contribution in [3.05, 3.63) is 46.3 Å². The van der Waals surface area contributed by atoms with Gasteiger partial charge in [-0.15, -0.1) is 0 Å². The van der Waals surface area contributed by atoms with E-state index >= 15 is 0 Å². The Kier molecular flexibility index (Phi) is 4.73. The van der Waals surface area contributed by atoms with Crippen LogP contribution in [0.4, 0.5) is 4.39 Å². The number of aliphatic hydroxyl groups is 1. The fourth-order valence-corrected chi connectivity index (χ4v) is 2.26. The van der Waals surface area contributed by atoms with Crippen LogP contribution in [0.1, 0.15) is 43.5 Å². The zero-order valence-corrected chi connectivity index (χ0v) is 12.1. The van der Waals surface area contributed by atoms with Crippen molar-refractivity contribution < 1.29 is 14.0 Å². The summed E-state index contributed by atoms with van der Waals surface area (Å²) in [6.07, 6.45) is 0.313. The third kappa shape index (κ3) is 3.16. The third-order valence-corrected chi connectivity index (χ3v) is 3.50. The van der Waals surface area contributed by atoms with Crippen LogP contribution in [0, 0.1) is 5.82 Å². The molecule has 2 rings (SSSR count). The van der Waals surface area contributed by atoms with Crippen LogP contribution in [0.2, 0.25) is 5.02 Å². The molecule has 0 saturated carbocycles. The topological polar surface area (TPSA) is 59.2 Å². The Morgan fingerprint density at radius 2 is 2.20 bits per heavy atom. The monoisotopic (exact) mass is 298 g/mol. The Labute approximate surface area is 121 Å². The number of hydrogen-bond acceptors (Lipinski definition) is 4. The molecule has 0 radical (unpaired) electrons. The van der Waals surface area contributed by atoms with Crippen LogP contribution in [0.3, 0.4) is 0 Å². The van der Waals surface area contributed by atoms with Gasteiger partial charge in [-0.05, 0) is 25.0 Å². The van der Waals surface area contributed by atoms with Crippen LogP contribution in [0.15, 0.2) is 22.7 Å². The number of rotatable bonds is 5. The highest BCUT2D eigenvalue weighted by molar-refractivity contribution is 6.30. The van der Waals surface area contributed by atoms with Gasteiger partial charge in [0.25, 0.3) is 0 Å². The molecule has 0 fully saturated rings. The van der Waals surface area contributed by atoms with E-state index in [0.29, 0.717) is 23.7 Å². The van der Waals surface area contributed by atoms with Gasteiger partial charge in [-0.2, -0.15) is 4.98 Å². The van der Waals surface area contributed by atoms with Crippen LogP contribution in [-0.4, -0.2) is 21.4 Å². The molecule has 2 unspecified atom stereocenters. The zero-order chi connectivity index (χ0) is 14.7. The first-order chi connectivity index (χ1) is 9.52. The van der Waals surface area contributed by atoms with E-state index in [1.807, 2.05) is 6.92 Å². The molecule has 0 saturated heterocycles. The van der Waals surface area contributed by atoms with Gasteiger partial charge >= 0.3 is 0 Å². The lowest BCUT2D eigenvalue weighted by molar-refractivity contribution is 0.141. The smallest absolute Gasteiger partial charge is 0.232 e. The van der Waals surface area contributed by atoms with Gasteiger partial charge in [-0.25, -0.2) is 4.39 Å². The molecule has 0 aliphatic heterocycles. The molecule has 1 aromatic carbocycles. The lowest BCUT2D eigenvalue weighted by Gasteiger charge is -2.12. The number of hydrogen-bond donors (Lipinski definition) is 1. The van der Waals surface area contributed by atoms with E-state index in [2.05, 4.69) is 10.1 Å². The van der Waals surface area contributed by atoms with Crippen LogP contribution in [0.5, 0.6) is 0 Å². The van der Waals surface area contributed by atoms with E-state index in [9.17, 15) is 9.50 Å². The second kappa shape index (κ2) is 6.33. The van der Waals surface area contributed by atoms with Crippen molar-refractivity contribution >= 4 is 11.6 Å². The third-order valence-electron chi connectivity index (χ3n) is 3.20. The maximum absolute atomic E-state index is 13.8. The van der Waals surface area contributed by atoms with E-state index < -0.39 is 11.9 Å². The summed E-state index contributed by atoms with van der Waals surface area (Å²) in [6, 6.07) is 4.79. The fraction of sp³-hybridized carbons (Fsp3) is 0.429. The predicted molar refractivity (Wildman–Crippen MR) is 73.2 cm³/mol. The Bertz CT molecular complexity index is 586. The first-order valence-electron chi connectivity index (χ1n) is 6.46. The van der Waals surface area contributed by atoms with E-state index in [4.69, 9.17) is 16.1 Å². The van der Waals surface area contributed by atoms with Crippen LogP contribution >= 0.6 is 11.6 Å². The average molecular weight is 299 g/mol. The molecule has 6 heteroatoms. The molecule has 0 amide bonds. The van der Waals surface area contributed by atoms with Gasteiger partial charge in [0.05, 0.1) is 17.0 Å². The van der Waals surface area contributed by atoms with Gasteiger partial charge in [0.15, 0.2) is 5.82 Å². The van der Waals surface area contributed by atoms with Crippen molar-refractivity contribution in [3.8, 4) is 0 Å². The summed E-state index contributed by atoms with van der Waals surface area (Å²) in [7, 11) is 0. The molecule has 1 aromatic heterocycles. The maximum Gasteiger partial charge on any atom is 0.232 e. The van der Waals surface area contributed by atoms with Gasteiger partial charge in [0.1, 0.15) is 5.82 Å². The molecule has 2 atom stereocenters. The summed E-state index contributed by atoms with van der Waals surface area (Å²) in [5.74, 6) is 0.0729. The second-order valence-electron chi connectivity index (χ2n) is 4.69. The van der Waals surface area contributed by atoms with Crippen molar-refractivity contribution in [1.82, 2.24) is 10.1 Å². The van der Waals surface area contributed by atoms with E-state index in [0.717, 1.165) is 0 Å². The molecular weight excluding hydrogens is 283 g/mol. The zero-order valence-electron chi connectivity index (χ0n) is 11.3. The number of benzene rings is 1. The summed E-state index contributed by atoms with van der Waals surface area (Å²) < 4.78 is 18.9. The Balaban J connectivity index is 2.19. The first kappa shape index (κ1) is 14.9. The molecule has 20 heavy (non-hydrogen) atoms. The van der Waals surface area contributed by atoms with Gasteiger partial charge in [0.2, 0.25) is 5.89 Å². The van der Waals surface area contributed by atoms with E-state index in [1.54, 1.807) is 19.1 Å². The van der Waals surface area contributed by atoms with Crippen molar-refractivity contribution in [3.63, 3.8) is 0 Å². The quantitative estimate of drug-likeness (QED) is 0.920. The van der Waals surface area contributed by atoms with E-state index in [1.165, 1.54) is 6.07 Å². The lowest BCUT2D eigenvalue weighted by atomic mass is 10.0. The molecule has 1 N–H and O–H groups in total. The molecule has 0 aliphatic rings. The van der Waals surface area contributed by atoms with Crippen molar-refractivity contribution in [2.75, 3.05) is 0 Å². The standard InChI is InChI=1S/C14H16ClFN2O2/c1-3-10(8(2)19)14-17-12(18-20-14)7-9-5-4-6-11(15)13(9)16/h4-6,8,10,19H,3,7H2,1-2H3. The van der Waals surface area contributed by atoms with Crippen LogP contribution in [0.25, 0.3) is 0 Å². The molecule has 4 nitrogen and oxygen atoms in total. The Morgan fingerprint density at radius 1 is 1.45 bits per heavy atom. The van der Waals surface area contributed by atoms with Gasteiger partial charge < -0.3 is 9.63 Å². The predicted octanol–water partition coefficient (Wildman–Crippen LogP) is 3.33. The van der Waals surface area contributed by atoms with Gasteiger partial charge in [-0.3, -0.25) is 0 Å². The normalized spacial score (nSPS) is 14.2. The molecule has 0 aliphatic carbocycles. The summed E-state index contributed by atoms with van der Waals surface area (Å²) in [6.45, 7) is 3.60. The van der Waals surface area contributed by atoms with Gasteiger partial charge in [0, 0.05) is 6.42 Å². The number of nitrogens with zero attached hydrogens (tertiary/aromatic N) is 2. The lowest BCUT2D eigenvalue weighted by Crippen LogP contribution is -2.14. The Hall–Kier alpha value is -1.46. The largest absolute Gasteiger partial charge is 0.393 e. The SMILES string of the molecule is CCC(c1nc(Cc2cccc(Cl)c2F)no1)C(C)O. The fourth-order valence-electron chi connectivity index (χ4n) is 2.07. The van der Waals surface area contributed by atoms with Gasteiger partial charge in [-0.1, -0.05) is 35.8 Å². The average Bonchev–Trinajstić information content (AvgIpc) is 2.84. The highest BCUT2D eigenvalue weighted by atomic mass is 35.5. The van der Waals surface area contributed by atoms with Crippen LogP contribution < -0.4 is 0 Å². The minimum Gasteiger partial charge on any atom is -0.393 e. The van der Waals surface area contributed by atoms with Crippen molar-refractivity contribution in [1.29, 1.82) is 0 Å². The summed E-state index contributed by atoms with van der Waals surface area (Å²) >= 11 is 5.73. The highest BCUT2D eigenvalue weighted by Gasteiger charge is 2.22. The second-order valence-corrected chi connectivity index (χ2v) is 5.10. The van der Waals surface area contributed by atoms with Crippen molar-refractivity contribution in [2.45, 2.75) is 38.7 Å². The minimum atomic E-state index is -0.573.